The van der Waals surface area contributed by atoms with Crippen LogP contribution in [0.25, 0.3) is 0 Å². The third-order valence-corrected chi connectivity index (χ3v) is 5.70. The second-order valence-electron chi connectivity index (χ2n) is 5.28. The number of nitrogen functional groups attached to an aromatic ring is 1. The first-order valence-electron chi connectivity index (χ1n) is 6.56. The van der Waals surface area contributed by atoms with E-state index in [0.717, 1.165) is 0 Å². The molecule has 1 heterocycles. The van der Waals surface area contributed by atoms with E-state index < -0.39 is 16.0 Å². The molecule has 1 atom stereocenters. The number of aromatic carboxylic acids is 1. The Morgan fingerprint density at radius 1 is 1.38 bits per heavy atom. The molecule has 1 aliphatic heterocycles. The Hall–Kier alpha value is -1.64. The molecule has 1 saturated heterocycles. The number of hydrogen-bond donors (Lipinski definition) is 2. The van der Waals surface area contributed by atoms with E-state index in [1.807, 2.05) is 14.0 Å². The molecule has 0 aliphatic carbocycles. The van der Waals surface area contributed by atoms with Gasteiger partial charge in [0.1, 0.15) is 4.90 Å². The Bertz CT molecular complexity index is 659. The molecular weight excluding hydrogens is 294 g/mol. The number of likely N-dealkylation sites (N-methyl/N-ethyl adjacent to an activating group) is 1. The maximum Gasteiger partial charge on any atom is 0.335 e. The summed E-state index contributed by atoms with van der Waals surface area (Å²) in [5, 5.41) is 8.90. The van der Waals surface area contributed by atoms with Gasteiger partial charge in [0.05, 0.1) is 11.3 Å². The second-order valence-corrected chi connectivity index (χ2v) is 7.14. The van der Waals surface area contributed by atoms with Crippen molar-refractivity contribution in [1.82, 2.24) is 9.21 Å². The van der Waals surface area contributed by atoms with Crippen LogP contribution >= 0.6 is 0 Å². The summed E-state index contributed by atoms with van der Waals surface area (Å²) < 4.78 is 26.8. The molecule has 0 amide bonds. The minimum Gasteiger partial charge on any atom is -0.478 e. The van der Waals surface area contributed by atoms with Crippen molar-refractivity contribution >= 4 is 21.7 Å². The minimum atomic E-state index is -3.72. The van der Waals surface area contributed by atoms with Crippen LogP contribution in [-0.4, -0.2) is 61.4 Å². The summed E-state index contributed by atoms with van der Waals surface area (Å²) >= 11 is 0. The van der Waals surface area contributed by atoms with Gasteiger partial charge in [0.2, 0.25) is 10.0 Å². The zero-order valence-corrected chi connectivity index (χ0v) is 12.8. The molecule has 1 unspecified atom stereocenters. The Morgan fingerprint density at radius 2 is 2.05 bits per heavy atom. The first-order valence-corrected chi connectivity index (χ1v) is 8.00. The van der Waals surface area contributed by atoms with Crippen molar-refractivity contribution in [2.75, 3.05) is 32.4 Å². The van der Waals surface area contributed by atoms with Crippen LogP contribution in [0.1, 0.15) is 17.3 Å². The number of sulfonamides is 1. The highest BCUT2D eigenvalue weighted by atomic mass is 32.2. The van der Waals surface area contributed by atoms with Crippen molar-refractivity contribution in [3.8, 4) is 0 Å². The Morgan fingerprint density at radius 3 is 2.57 bits per heavy atom. The topological polar surface area (TPSA) is 104 Å². The van der Waals surface area contributed by atoms with E-state index in [0.29, 0.717) is 19.6 Å². The Kier molecular flexibility index (Phi) is 4.22. The van der Waals surface area contributed by atoms with Crippen LogP contribution in [0.3, 0.4) is 0 Å². The lowest BCUT2D eigenvalue weighted by Crippen LogP contribution is -2.52. The molecule has 2 rings (SSSR count). The van der Waals surface area contributed by atoms with Gasteiger partial charge in [-0.3, -0.25) is 0 Å². The summed E-state index contributed by atoms with van der Waals surface area (Å²) in [4.78, 5) is 12.9. The summed E-state index contributed by atoms with van der Waals surface area (Å²) in [6.45, 7) is 3.53. The van der Waals surface area contributed by atoms with Crippen molar-refractivity contribution in [1.29, 1.82) is 0 Å². The molecule has 8 heteroatoms. The maximum atomic E-state index is 12.7. The minimum absolute atomic E-state index is 0.0297. The average molecular weight is 313 g/mol. The van der Waals surface area contributed by atoms with Gasteiger partial charge in [-0.15, -0.1) is 0 Å². The largest absolute Gasteiger partial charge is 0.478 e. The molecule has 0 aromatic heterocycles. The van der Waals surface area contributed by atoms with Gasteiger partial charge in [0, 0.05) is 25.7 Å². The van der Waals surface area contributed by atoms with Gasteiger partial charge in [-0.05, 0) is 32.2 Å². The summed E-state index contributed by atoms with van der Waals surface area (Å²) in [7, 11) is -1.78. The third kappa shape index (κ3) is 3.02. The zero-order valence-electron chi connectivity index (χ0n) is 12.0. The molecular formula is C13H19N3O4S. The third-order valence-electron chi connectivity index (χ3n) is 3.61. The predicted molar refractivity (Wildman–Crippen MR) is 78.7 cm³/mol. The number of piperazine rings is 1. The number of benzene rings is 1. The molecule has 0 radical (unpaired) electrons. The molecule has 116 valence electrons. The van der Waals surface area contributed by atoms with Crippen molar-refractivity contribution in [3.63, 3.8) is 0 Å². The van der Waals surface area contributed by atoms with Crippen molar-refractivity contribution in [3.05, 3.63) is 23.8 Å². The van der Waals surface area contributed by atoms with Crippen LogP contribution < -0.4 is 5.73 Å². The average Bonchev–Trinajstić information content (AvgIpc) is 2.37. The van der Waals surface area contributed by atoms with Crippen molar-refractivity contribution in [2.45, 2.75) is 17.9 Å². The fourth-order valence-electron chi connectivity index (χ4n) is 2.52. The summed E-state index contributed by atoms with van der Waals surface area (Å²) in [6, 6.07) is 3.54. The van der Waals surface area contributed by atoms with Crippen LogP contribution in [0.4, 0.5) is 5.69 Å². The molecule has 3 N–H and O–H groups in total. The van der Waals surface area contributed by atoms with Gasteiger partial charge in [-0.1, -0.05) is 0 Å². The highest BCUT2D eigenvalue weighted by Crippen LogP contribution is 2.26. The van der Waals surface area contributed by atoms with Gasteiger partial charge < -0.3 is 15.7 Å². The smallest absolute Gasteiger partial charge is 0.335 e. The molecule has 7 nitrogen and oxygen atoms in total. The zero-order chi connectivity index (χ0) is 15.8. The number of hydrogen-bond acceptors (Lipinski definition) is 5. The van der Waals surface area contributed by atoms with Crippen LogP contribution in [0.15, 0.2) is 23.1 Å². The number of nitrogens with zero attached hydrogens (tertiary/aromatic N) is 2. The molecule has 1 fully saturated rings. The number of rotatable bonds is 3. The lowest BCUT2D eigenvalue weighted by molar-refractivity contribution is 0.0697. The highest BCUT2D eigenvalue weighted by molar-refractivity contribution is 7.89. The molecule has 0 spiro atoms. The van der Waals surface area contributed by atoms with E-state index in [2.05, 4.69) is 4.90 Å². The summed E-state index contributed by atoms with van der Waals surface area (Å²) in [5.41, 5.74) is 5.67. The van der Waals surface area contributed by atoms with Crippen LogP contribution in [0.2, 0.25) is 0 Å². The first-order chi connectivity index (χ1) is 9.73. The fourth-order valence-corrected chi connectivity index (χ4v) is 4.23. The van der Waals surface area contributed by atoms with Gasteiger partial charge in [-0.25, -0.2) is 13.2 Å². The quantitative estimate of drug-likeness (QED) is 0.777. The van der Waals surface area contributed by atoms with E-state index in [-0.39, 0.29) is 22.2 Å². The van der Waals surface area contributed by atoms with Gasteiger partial charge in [-0.2, -0.15) is 4.31 Å². The predicted octanol–water partition coefficient (Wildman–Crippen LogP) is 0.292. The molecule has 1 aliphatic rings. The second kappa shape index (κ2) is 5.63. The molecule has 1 aromatic rings. The Labute approximate surface area is 124 Å². The standard InChI is InChI=1S/C13H19N3O4S/c1-9-8-15(2)5-6-16(9)21(19,20)12-4-3-10(13(17)18)7-11(12)14/h3-4,7,9H,5-6,8,14H2,1-2H3,(H,17,18). The SMILES string of the molecule is CC1CN(C)CCN1S(=O)(=O)c1ccc(C(=O)O)cc1N. The van der Waals surface area contributed by atoms with E-state index in [1.54, 1.807) is 0 Å². The van der Waals surface area contributed by atoms with E-state index in [9.17, 15) is 13.2 Å². The van der Waals surface area contributed by atoms with Crippen LogP contribution in [0.5, 0.6) is 0 Å². The fraction of sp³-hybridized carbons (Fsp3) is 0.462. The van der Waals surface area contributed by atoms with Crippen LogP contribution in [0, 0.1) is 0 Å². The van der Waals surface area contributed by atoms with Gasteiger partial charge in [0.25, 0.3) is 0 Å². The normalized spacial score (nSPS) is 21.3. The lowest BCUT2D eigenvalue weighted by atomic mass is 10.2. The monoisotopic (exact) mass is 313 g/mol. The maximum absolute atomic E-state index is 12.7. The molecule has 21 heavy (non-hydrogen) atoms. The van der Waals surface area contributed by atoms with E-state index in [4.69, 9.17) is 10.8 Å². The molecule has 1 aromatic carbocycles. The molecule has 0 bridgehead atoms. The number of carboxylic acid groups (broad SMARTS) is 1. The van der Waals surface area contributed by atoms with Gasteiger partial charge >= 0.3 is 5.97 Å². The summed E-state index contributed by atoms with van der Waals surface area (Å²) in [5.74, 6) is -1.14. The molecule has 0 saturated carbocycles. The number of nitrogens with two attached hydrogens (primary N) is 1. The lowest BCUT2D eigenvalue weighted by Gasteiger charge is -2.37. The first kappa shape index (κ1) is 15.7. The summed E-state index contributed by atoms with van der Waals surface area (Å²) in [6.07, 6.45) is 0. The Balaban J connectivity index is 2.38. The number of carbonyl (C=O) groups is 1. The van der Waals surface area contributed by atoms with Gasteiger partial charge in [0.15, 0.2) is 0 Å². The van der Waals surface area contributed by atoms with E-state index in [1.165, 1.54) is 22.5 Å². The number of carboxylic acids is 1. The van der Waals surface area contributed by atoms with Crippen LogP contribution in [-0.2, 0) is 10.0 Å². The number of anilines is 1. The van der Waals surface area contributed by atoms with E-state index >= 15 is 0 Å². The van der Waals surface area contributed by atoms with Crippen molar-refractivity contribution < 1.29 is 18.3 Å². The van der Waals surface area contributed by atoms with Crippen molar-refractivity contribution in [2.24, 2.45) is 0 Å². The highest BCUT2D eigenvalue weighted by Gasteiger charge is 2.33.